The maximum absolute atomic E-state index is 9.44. The van der Waals surface area contributed by atoms with Crippen molar-refractivity contribution in [1.82, 2.24) is 0 Å². The van der Waals surface area contributed by atoms with Gasteiger partial charge in [-0.25, -0.2) is 0 Å². The number of benzene rings is 4. The Morgan fingerprint density at radius 1 is 0.433 bits per heavy atom. The van der Waals surface area contributed by atoms with Gasteiger partial charge in [-0.15, -0.1) is 0 Å². The van der Waals surface area contributed by atoms with Crippen molar-refractivity contribution in [3.05, 3.63) is 119 Å². The number of aryl methyl sites for hydroxylation is 2. The summed E-state index contributed by atoms with van der Waals surface area (Å²) >= 11 is 0. The third-order valence-electron chi connectivity index (χ3n) is 11.3. The van der Waals surface area contributed by atoms with Crippen LogP contribution in [0.1, 0.15) is 52.7 Å². The van der Waals surface area contributed by atoms with Gasteiger partial charge in [-0.05, 0) is 85.0 Å². The van der Waals surface area contributed by atoms with Crippen LogP contribution in [0.25, 0.3) is 0 Å². The lowest BCUT2D eigenvalue weighted by Crippen LogP contribution is -2.43. The molecular formula is C48H74N4O8. The minimum absolute atomic E-state index is 0. The van der Waals surface area contributed by atoms with Crippen LogP contribution in [0.5, 0.6) is 0 Å². The molecule has 0 amide bonds. The molecule has 8 rings (SSSR count). The predicted molar refractivity (Wildman–Crippen MR) is 247 cm³/mol. The molecule has 0 saturated heterocycles. The van der Waals surface area contributed by atoms with Gasteiger partial charge in [0, 0.05) is 64.8 Å². The van der Waals surface area contributed by atoms with Crippen molar-refractivity contribution in [2.45, 2.75) is 77.6 Å². The molecule has 4 aliphatic rings. The molecule has 8 N–H and O–H groups in total. The summed E-state index contributed by atoms with van der Waals surface area (Å²) in [6, 6.07) is 32.5. The Bertz CT molecular complexity index is 1800. The zero-order valence-corrected chi connectivity index (χ0v) is 34.6. The van der Waals surface area contributed by atoms with Gasteiger partial charge in [0.05, 0.1) is 63.9 Å². The summed E-state index contributed by atoms with van der Waals surface area (Å²) < 4.78 is 5.75. The van der Waals surface area contributed by atoms with Crippen LogP contribution >= 0.6 is 0 Å². The van der Waals surface area contributed by atoms with Crippen molar-refractivity contribution in [3.63, 3.8) is 0 Å². The van der Waals surface area contributed by atoms with E-state index in [4.69, 9.17) is 21.8 Å². The van der Waals surface area contributed by atoms with Crippen molar-refractivity contribution in [1.29, 1.82) is 0 Å². The molecule has 0 spiro atoms. The summed E-state index contributed by atoms with van der Waals surface area (Å²) in [7, 11) is 1.25. The Labute approximate surface area is 361 Å². The van der Waals surface area contributed by atoms with Gasteiger partial charge in [0.25, 0.3) is 0 Å². The molecule has 4 aromatic carbocycles. The summed E-state index contributed by atoms with van der Waals surface area (Å²) in [5.41, 5.74) is 10.0. The van der Waals surface area contributed by atoms with E-state index in [0.717, 1.165) is 76.1 Å². The SMILES string of the molecule is C.OCC(CO)N1CCCc2ccccc21.OCC(CO)N1CCc2ccccc21.OCC(O)CN1CCCc2ccccc21.OCC(O)CN1CCc2ccccc21.[2H]C.[3HH]. The molecule has 4 heterocycles. The molecule has 2 atom stereocenters. The van der Waals surface area contributed by atoms with Gasteiger partial charge in [0.2, 0.25) is 0 Å². The van der Waals surface area contributed by atoms with Crippen LogP contribution in [-0.2, 0) is 25.7 Å². The van der Waals surface area contributed by atoms with Crippen molar-refractivity contribution >= 4 is 22.7 Å². The summed E-state index contributed by atoms with van der Waals surface area (Å²) in [6.45, 7) is 4.45. The van der Waals surface area contributed by atoms with E-state index in [2.05, 4.69) is 62.1 Å². The molecular weight excluding hydrogens is 761 g/mol. The first-order chi connectivity index (χ1) is 29.3. The maximum Gasteiger partial charge on any atom is 0.0945 e. The Kier molecular flexibility index (Phi) is 21.1. The first-order valence-electron chi connectivity index (χ1n) is 21.7. The minimum atomic E-state index is -0.642. The monoisotopic (exact) mass is 838 g/mol. The fourth-order valence-electron chi connectivity index (χ4n) is 8.22. The number of β-amino-alcohol motifs (C(OH)–C–C–N with tert-alkyl or cyclic N) is 2. The van der Waals surface area contributed by atoms with Gasteiger partial charge >= 0.3 is 0 Å². The Hall–Kier alpha value is -4.24. The van der Waals surface area contributed by atoms with Crippen LogP contribution in [-0.4, -0.2) is 144 Å². The van der Waals surface area contributed by atoms with E-state index >= 15 is 0 Å². The second kappa shape index (κ2) is 26.2. The average Bonchev–Trinajstić information content (AvgIpc) is 3.93. The molecule has 0 saturated carbocycles. The third kappa shape index (κ3) is 13.4. The topological polar surface area (TPSA) is 175 Å². The lowest BCUT2D eigenvalue weighted by atomic mass is 10.0. The molecule has 4 aliphatic heterocycles. The van der Waals surface area contributed by atoms with Crippen LogP contribution in [0, 0.1) is 0 Å². The van der Waals surface area contributed by atoms with Crippen molar-refractivity contribution < 1.29 is 43.6 Å². The number of anilines is 4. The number of aliphatic hydroxyl groups is 8. The van der Waals surface area contributed by atoms with Gasteiger partial charge in [-0.1, -0.05) is 87.6 Å². The fourth-order valence-corrected chi connectivity index (χ4v) is 8.22. The van der Waals surface area contributed by atoms with Crippen LogP contribution < -0.4 is 19.6 Å². The van der Waals surface area contributed by atoms with E-state index in [9.17, 15) is 20.4 Å². The number of para-hydroxylation sites is 4. The molecule has 4 aromatic rings. The Morgan fingerprint density at radius 2 is 0.767 bits per heavy atom. The van der Waals surface area contributed by atoms with E-state index < -0.39 is 12.2 Å². The first kappa shape index (κ1) is 48.4. The van der Waals surface area contributed by atoms with Gasteiger partial charge in [0.15, 0.2) is 0 Å². The van der Waals surface area contributed by atoms with Gasteiger partial charge in [0.1, 0.15) is 0 Å². The molecule has 12 heteroatoms. The molecule has 2 unspecified atom stereocenters. The van der Waals surface area contributed by atoms with E-state index in [1.807, 2.05) is 54.6 Å². The summed E-state index contributed by atoms with van der Waals surface area (Å²) in [5.74, 6) is 0. The van der Waals surface area contributed by atoms with Crippen LogP contribution in [0.2, 0.25) is 0 Å². The van der Waals surface area contributed by atoms with Crippen LogP contribution in [0.4, 0.5) is 22.7 Å². The minimum Gasteiger partial charge on any atom is -0.394 e. The lowest BCUT2D eigenvalue weighted by molar-refractivity contribution is 0.0996. The second-order valence-electron chi connectivity index (χ2n) is 15.2. The van der Waals surface area contributed by atoms with Gasteiger partial charge in [-0.3, -0.25) is 0 Å². The smallest absolute Gasteiger partial charge is 0.0945 e. The molecule has 334 valence electrons. The highest BCUT2D eigenvalue weighted by atomic mass is 16.3. The molecule has 60 heavy (non-hydrogen) atoms. The molecule has 0 aromatic heterocycles. The van der Waals surface area contributed by atoms with Gasteiger partial charge < -0.3 is 60.5 Å². The second-order valence-corrected chi connectivity index (χ2v) is 15.2. The van der Waals surface area contributed by atoms with E-state index in [-0.39, 0.29) is 60.6 Å². The number of rotatable bonds is 12. The zero-order chi connectivity index (χ0) is 43.3. The van der Waals surface area contributed by atoms with Gasteiger partial charge in [-0.2, -0.15) is 0 Å². The fraction of sp³-hybridized carbons (Fsp3) is 0.500. The Morgan fingerprint density at radius 3 is 1.22 bits per heavy atom. The highest BCUT2D eigenvalue weighted by molar-refractivity contribution is 5.60. The molecule has 0 aliphatic carbocycles. The standard InChI is InChI=1S/2C12H17NO2.2C11H15NO2.2CH4.H2/c14-8-11(9-15)13-7-3-5-10-4-1-2-6-12(10)13;14-9-11(15)8-13-7-3-5-10-4-1-2-6-12(10)13;13-7-10(8-14)12-6-5-9-3-1-2-4-11(9)12;13-8-10(14)7-12-6-5-9-3-1-2-4-11(9)12;;;/h2*1-2,4,6,11,14-15H,3,5,7-9H2;2*1-4,10,13-14H,5-8H2;2*1H4;1H/i;;;;1D;;1+2. The molecule has 0 bridgehead atoms. The number of aliphatic hydroxyl groups excluding tert-OH is 8. The largest absolute Gasteiger partial charge is 0.394 e. The number of fused-ring (bicyclic) bond motifs is 4. The van der Waals surface area contributed by atoms with E-state index in [0.29, 0.717) is 13.1 Å². The number of nitrogens with zero attached hydrogens (tertiary/aromatic N) is 4. The molecule has 0 radical (unpaired) electrons. The first-order valence-corrected chi connectivity index (χ1v) is 20.7. The zero-order valence-electron chi connectivity index (χ0n) is 35.6. The quantitative estimate of drug-likeness (QED) is 0.104. The van der Waals surface area contributed by atoms with Crippen LogP contribution in [0.3, 0.4) is 0 Å². The Balaban J connectivity index is 0.000000278. The van der Waals surface area contributed by atoms with Crippen molar-refractivity contribution in [2.24, 2.45) is 0 Å². The number of hydrogen-bond donors (Lipinski definition) is 8. The highest BCUT2D eigenvalue weighted by Crippen LogP contribution is 2.31. The molecule has 12 nitrogen and oxygen atoms in total. The average molecular weight is 838 g/mol. The summed E-state index contributed by atoms with van der Waals surface area (Å²) in [4.78, 5) is 8.46. The van der Waals surface area contributed by atoms with Crippen molar-refractivity contribution in [3.8, 4) is 0 Å². The summed E-state index contributed by atoms with van der Waals surface area (Å²) in [6.07, 6.45) is 5.18. The summed E-state index contributed by atoms with van der Waals surface area (Å²) in [5, 5.41) is 73.0. The van der Waals surface area contributed by atoms with Crippen LogP contribution in [0.15, 0.2) is 97.1 Å². The molecule has 0 fully saturated rings. The van der Waals surface area contributed by atoms with E-state index in [1.54, 1.807) is 0 Å². The van der Waals surface area contributed by atoms with E-state index in [1.165, 1.54) is 41.0 Å². The normalized spacial score (nSPS) is 15.8. The maximum atomic E-state index is 9.44. The number of hydrogen-bond acceptors (Lipinski definition) is 12. The van der Waals surface area contributed by atoms with Crippen molar-refractivity contribution in [2.75, 3.05) is 98.5 Å². The third-order valence-corrected chi connectivity index (χ3v) is 11.3. The highest BCUT2D eigenvalue weighted by Gasteiger charge is 2.25. The predicted octanol–water partition coefficient (Wildman–Crippen LogP) is 3.91. The lowest BCUT2D eigenvalue weighted by Gasteiger charge is -2.36.